The van der Waals surface area contributed by atoms with E-state index in [-0.39, 0.29) is 43.8 Å². The van der Waals surface area contributed by atoms with Crippen molar-refractivity contribution < 1.29 is 33.4 Å². The van der Waals surface area contributed by atoms with Crippen molar-refractivity contribution >= 4 is 40.4 Å². The molecule has 5 aromatic rings. The molecule has 62 heavy (non-hydrogen) atoms. The number of para-hydroxylation sites is 1. The zero-order chi connectivity index (χ0) is 43.7. The van der Waals surface area contributed by atoms with E-state index in [1.165, 1.54) is 0 Å². The maximum atomic E-state index is 14.5. The Labute approximate surface area is 363 Å². The van der Waals surface area contributed by atoms with Crippen molar-refractivity contribution in [3.8, 4) is 5.75 Å². The molecule has 13 heteroatoms. The monoisotopic (exact) mass is 842 g/mol. The fraction of sp³-hybridized carbons (Fsp3) is 0.367. The molecule has 1 aliphatic rings. The van der Waals surface area contributed by atoms with Crippen LogP contribution in [0.1, 0.15) is 68.2 Å². The maximum Gasteiger partial charge on any atom is 0.245 e. The third kappa shape index (κ3) is 13.3. The minimum absolute atomic E-state index is 0.0431. The summed E-state index contributed by atoms with van der Waals surface area (Å²) in [7, 11) is 0. The van der Waals surface area contributed by atoms with Gasteiger partial charge in [-0.1, -0.05) is 110 Å². The summed E-state index contributed by atoms with van der Waals surface area (Å²) in [6.07, 6.45) is 6.51. The predicted molar refractivity (Wildman–Crippen MR) is 238 cm³/mol. The lowest BCUT2D eigenvalue weighted by atomic mass is 9.88. The SMILES string of the molecule is CCNC(=O)[C@@H](C)NC(=O)[C@H](COCc1ccccc1)NC(=O)[C@H](Cc1ccc(OCc2ccccc2)cc1)NC(=O)[C@H](Cc1c[nH]c2ccccc12)NC(=O)C1CCCCC1. The van der Waals surface area contributed by atoms with Crippen molar-refractivity contribution in [3.05, 3.63) is 138 Å². The van der Waals surface area contributed by atoms with Gasteiger partial charge >= 0.3 is 0 Å². The van der Waals surface area contributed by atoms with Gasteiger partial charge in [-0.15, -0.1) is 0 Å². The number of carbonyl (C=O) groups excluding carboxylic acids is 5. The van der Waals surface area contributed by atoms with Gasteiger partial charge in [0.25, 0.3) is 0 Å². The van der Waals surface area contributed by atoms with Gasteiger partial charge in [-0.25, -0.2) is 0 Å². The van der Waals surface area contributed by atoms with Gasteiger partial charge < -0.3 is 41.0 Å². The molecule has 1 heterocycles. The van der Waals surface area contributed by atoms with Gasteiger partial charge in [-0.05, 0) is 67.1 Å². The Morgan fingerprint density at radius 1 is 0.629 bits per heavy atom. The van der Waals surface area contributed by atoms with E-state index < -0.39 is 41.9 Å². The van der Waals surface area contributed by atoms with E-state index in [2.05, 4.69) is 31.6 Å². The van der Waals surface area contributed by atoms with E-state index in [1.54, 1.807) is 26.0 Å². The van der Waals surface area contributed by atoms with Crippen molar-refractivity contribution in [3.63, 3.8) is 0 Å². The molecule has 0 bridgehead atoms. The van der Waals surface area contributed by atoms with Crippen LogP contribution in [-0.2, 0) is 54.8 Å². The zero-order valence-electron chi connectivity index (χ0n) is 35.5. The normalized spacial score (nSPS) is 14.7. The Hall–Kier alpha value is -6.47. The van der Waals surface area contributed by atoms with Crippen molar-refractivity contribution in [2.24, 2.45) is 5.92 Å². The highest BCUT2D eigenvalue weighted by atomic mass is 16.5. The van der Waals surface area contributed by atoms with Crippen LogP contribution in [0.25, 0.3) is 10.9 Å². The van der Waals surface area contributed by atoms with Crippen LogP contribution in [0.2, 0.25) is 0 Å². The summed E-state index contributed by atoms with van der Waals surface area (Å²) in [5.74, 6) is -1.98. The molecule has 0 saturated heterocycles. The lowest BCUT2D eigenvalue weighted by Gasteiger charge is -2.27. The molecule has 4 atom stereocenters. The summed E-state index contributed by atoms with van der Waals surface area (Å²) in [6.45, 7) is 4.03. The standard InChI is InChI=1S/C49H58N6O7/c1-3-50-45(56)33(2)52-49(60)44(32-61-30-35-15-7-4-8-16-35)55-47(58)42(27-34-23-25-39(26-24-34)62-31-36-17-9-5-10-18-36)54-48(59)43(53-46(57)37-19-11-6-12-20-37)28-38-29-51-41-22-14-13-21-40(38)41/h4-5,7-10,13-18,21-26,29,33,37,42-44,51H,3,6,11-12,19-20,27-28,30-32H2,1-2H3,(H,50,56)(H,52,60)(H,53,57)(H,54,59)(H,55,58)/t33-,42+,43+,44+/m1/s1. The number of ether oxygens (including phenoxy) is 2. The molecular weight excluding hydrogens is 785 g/mol. The first-order valence-electron chi connectivity index (χ1n) is 21.6. The lowest BCUT2D eigenvalue weighted by molar-refractivity contribution is -0.136. The summed E-state index contributed by atoms with van der Waals surface area (Å²) >= 11 is 0. The van der Waals surface area contributed by atoms with Crippen molar-refractivity contribution in [1.82, 2.24) is 31.6 Å². The first kappa shape index (κ1) is 45.1. The molecule has 4 aromatic carbocycles. The fourth-order valence-electron chi connectivity index (χ4n) is 7.59. The van der Waals surface area contributed by atoms with Crippen LogP contribution in [0.4, 0.5) is 0 Å². The third-order valence-electron chi connectivity index (χ3n) is 11.1. The zero-order valence-corrected chi connectivity index (χ0v) is 35.5. The molecule has 326 valence electrons. The van der Waals surface area contributed by atoms with Crippen LogP contribution in [0.3, 0.4) is 0 Å². The molecular formula is C49H58N6O7. The maximum absolute atomic E-state index is 14.5. The molecule has 0 spiro atoms. The quantitative estimate of drug-likeness (QED) is 0.0571. The van der Waals surface area contributed by atoms with Gasteiger partial charge in [-0.2, -0.15) is 0 Å². The van der Waals surface area contributed by atoms with Gasteiger partial charge in [0, 0.05) is 42.4 Å². The number of hydrogen-bond donors (Lipinski definition) is 6. The number of carbonyl (C=O) groups is 5. The van der Waals surface area contributed by atoms with Crippen LogP contribution >= 0.6 is 0 Å². The summed E-state index contributed by atoms with van der Waals surface area (Å²) < 4.78 is 11.9. The average molecular weight is 843 g/mol. The van der Waals surface area contributed by atoms with Gasteiger partial charge in [0.2, 0.25) is 29.5 Å². The van der Waals surface area contributed by atoms with Crippen LogP contribution < -0.4 is 31.3 Å². The number of aromatic amines is 1. The third-order valence-corrected chi connectivity index (χ3v) is 11.1. The minimum Gasteiger partial charge on any atom is -0.489 e. The highest BCUT2D eigenvalue weighted by Crippen LogP contribution is 2.25. The highest BCUT2D eigenvalue weighted by Gasteiger charge is 2.33. The molecule has 1 aliphatic carbocycles. The van der Waals surface area contributed by atoms with Crippen LogP contribution in [0.15, 0.2) is 115 Å². The van der Waals surface area contributed by atoms with Crippen LogP contribution in [0, 0.1) is 5.92 Å². The van der Waals surface area contributed by atoms with Crippen molar-refractivity contribution in [2.45, 2.75) is 96.2 Å². The molecule has 1 saturated carbocycles. The average Bonchev–Trinajstić information content (AvgIpc) is 3.71. The molecule has 0 unspecified atom stereocenters. The number of aromatic nitrogens is 1. The predicted octanol–water partition coefficient (Wildman–Crippen LogP) is 5.42. The van der Waals surface area contributed by atoms with E-state index in [4.69, 9.17) is 9.47 Å². The first-order valence-corrected chi connectivity index (χ1v) is 21.6. The minimum atomic E-state index is -1.23. The van der Waals surface area contributed by atoms with Crippen LogP contribution in [0.5, 0.6) is 5.75 Å². The van der Waals surface area contributed by atoms with Gasteiger partial charge in [-0.3, -0.25) is 24.0 Å². The largest absolute Gasteiger partial charge is 0.489 e. The molecule has 1 aromatic heterocycles. The number of H-pyrrole nitrogens is 1. The first-order chi connectivity index (χ1) is 30.2. The Kier molecular flexibility index (Phi) is 16.7. The Morgan fingerprint density at radius 3 is 1.90 bits per heavy atom. The second-order valence-corrected chi connectivity index (χ2v) is 15.8. The number of fused-ring (bicyclic) bond motifs is 1. The van der Waals surface area contributed by atoms with Gasteiger partial charge in [0.05, 0.1) is 13.2 Å². The summed E-state index contributed by atoms with van der Waals surface area (Å²) in [4.78, 5) is 72.4. The molecule has 6 N–H and O–H groups in total. The number of hydrogen-bond acceptors (Lipinski definition) is 7. The Morgan fingerprint density at radius 2 is 1.23 bits per heavy atom. The van der Waals surface area contributed by atoms with Gasteiger partial charge in [0.1, 0.15) is 36.5 Å². The molecule has 0 aliphatic heterocycles. The second kappa shape index (κ2) is 22.9. The number of likely N-dealkylation sites (N-methyl/N-ethyl adjacent to an activating group) is 1. The Bertz CT molecular complexity index is 2220. The molecule has 0 radical (unpaired) electrons. The smallest absolute Gasteiger partial charge is 0.245 e. The summed E-state index contributed by atoms with van der Waals surface area (Å²) in [5.41, 5.74) is 4.33. The number of rotatable bonds is 21. The van der Waals surface area contributed by atoms with E-state index in [1.807, 2.05) is 103 Å². The van der Waals surface area contributed by atoms with Crippen molar-refractivity contribution in [2.75, 3.05) is 13.2 Å². The molecule has 5 amide bonds. The summed E-state index contributed by atoms with van der Waals surface area (Å²) in [6, 6.07) is 29.8. The highest BCUT2D eigenvalue weighted by molar-refractivity contribution is 5.96. The van der Waals surface area contributed by atoms with E-state index in [9.17, 15) is 24.0 Å². The summed E-state index contributed by atoms with van der Waals surface area (Å²) in [5, 5.41) is 15.1. The molecule has 13 nitrogen and oxygen atoms in total. The topological polar surface area (TPSA) is 180 Å². The lowest BCUT2D eigenvalue weighted by Crippen LogP contribution is -2.59. The number of amides is 5. The number of benzene rings is 4. The van der Waals surface area contributed by atoms with E-state index in [0.717, 1.165) is 59.7 Å². The van der Waals surface area contributed by atoms with Crippen molar-refractivity contribution in [1.29, 1.82) is 0 Å². The van der Waals surface area contributed by atoms with Crippen LogP contribution in [-0.4, -0.2) is 71.8 Å². The van der Waals surface area contributed by atoms with E-state index >= 15 is 0 Å². The number of nitrogens with one attached hydrogen (secondary N) is 6. The molecule has 1 fully saturated rings. The second-order valence-electron chi connectivity index (χ2n) is 15.8. The fourth-order valence-corrected chi connectivity index (χ4v) is 7.59. The molecule has 6 rings (SSSR count). The Balaban J connectivity index is 1.25. The van der Waals surface area contributed by atoms with E-state index in [0.29, 0.717) is 24.5 Å². The van der Waals surface area contributed by atoms with Gasteiger partial charge in [0.15, 0.2) is 0 Å².